The Bertz CT molecular complexity index is 876. The lowest BCUT2D eigenvalue weighted by molar-refractivity contribution is -0.127. The van der Waals surface area contributed by atoms with E-state index >= 15 is 0 Å². The number of ether oxygens (including phenoxy) is 1. The Kier molecular flexibility index (Phi) is 6.30. The van der Waals surface area contributed by atoms with Gasteiger partial charge in [-0.2, -0.15) is 0 Å². The number of nitrogens with two attached hydrogens (primary N) is 1. The molecular weight excluding hydrogens is 360 g/mol. The molecule has 0 aliphatic carbocycles. The van der Waals surface area contributed by atoms with E-state index in [1.807, 2.05) is 12.1 Å². The lowest BCUT2D eigenvalue weighted by Crippen LogP contribution is -2.28. The lowest BCUT2D eigenvalue weighted by Gasteiger charge is -2.18. The molecule has 2 heterocycles. The van der Waals surface area contributed by atoms with E-state index in [4.69, 9.17) is 19.3 Å². The number of amides is 2. The number of nitrogens with zero attached hydrogens (tertiary/aromatic N) is 1. The van der Waals surface area contributed by atoms with Crippen molar-refractivity contribution in [1.29, 1.82) is 0 Å². The summed E-state index contributed by atoms with van der Waals surface area (Å²) in [5.41, 5.74) is 5.86. The van der Waals surface area contributed by atoms with Crippen LogP contribution in [0, 0.1) is 0 Å². The van der Waals surface area contributed by atoms with Gasteiger partial charge in [-0.25, -0.2) is 0 Å². The number of rotatable bonds is 9. The van der Waals surface area contributed by atoms with Crippen molar-refractivity contribution in [3.05, 3.63) is 84.2 Å². The molecule has 2 N–H and O–H groups in total. The van der Waals surface area contributed by atoms with Gasteiger partial charge in [0.15, 0.2) is 6.61 Å². The van der Waals surface area contributed by atoms with Crippen molar-refractivity contribution >= 4 is 17.9 Å². The third-order valence-corrected chi connectivity index (χ3v) is 3.84. The van der Waals surface area contributed by atoms with Crippen LogP contribution >= 0.6 is 0 Å². The van der Waals surface area contributed by atoms with Crippen LogP contribution in [0.25, 0.3) is 6.08 Å². The van der Waals surface area contributed by atoms with Gasteiger partial charge < -0.3 is 24.2 Å². The number of primary amides is 1. The Balaban J connectivity index is 1.65. The number of carbonyl (C=O) groups excluding carboxylic acids is 2. The van der Waals surface area contributed by atoms with Crippen LogP contribution in [0.5, 0.6) is 5.75 Å². The second-order valence-corrected chi connectivity index (χ2v) is 6.01. The average molecular weight is 380 g/mol. The molecule has 0 atom stereocenters. The van der Waals surface area contributed by atoms with E-state index in [9.17, 15) is 9.59 Å². The van der Waals surface area contributed by atoms with Crippen molar-refractivity contribution in [2.45, 2.75) is 13.1 Å². The molecule has 0 aliphatic heterocycles. The third-order valence-electron chi connectivity index (χ3n) is 3.84. The molecule has 0 spiro atoms. The fraction of sp³-hybridized carbons (Fsp3) is 0.143. The third kappa shape index (κ3) is 5.63. The largest absolute Gasteiger partial charge is 0.484 e. The summed E-state index contributed by atoms with van der Waals surface area (Å²) in [5, 5.41) is 0. The lowest BCUT2D eigenvalue weighted by atomic mass is 10.2. The Morgan fingerprint density at radius 3 is 2.07 bits per heavy atom. The second-order valence-electron chi connectivity index (χ2n) is 6.01. The van der Waals surface area contributed by atoms with Crippen LogP contribution in [-0.2, 0) is 22.7 Å². The van der Waals surface area contributed by atoms with Crippen LogP contribution in [0.1, 0.15) is 17.1 Å². The zero-order chi connectivity index (χ0) is 19.8. The predicted octanol–water partition coefficient (Wildman–Crippen LogP) is 2.98. The van der Waals surface area contributed by atoms with Gasteiger partial charge in [-0.3, -0.25) is 9.59 Å². The Labute approximate surface area is 162 Å². The molecule has 2 aromatic heterocycles. The monoisotopic (exact) mass is 380 g/mol. The van der Waals surface area contributed by atoms with Crippen LogP contribution < -0.4 is 10.5 Å². The summed E-state index contributed by atoms with van der Waals surface area (Å²) < 4.78 is 15.9. The zero-order valence-electron chi connectivity index (χ0n) is 15.1. The van der Waals surface area contributed by atoms with Crippen molar-refractivity contribution in [3.63, 3.8) is 0 Å². The maximum atomic E-state index is 12.7. The molecule has 7 heteroatoms. The van der Waals surface area contributed by atoms with Gasteiger partial charge in [0.25, 0.3) is 5.91 Å². The topological polar surface area (TPSA) is 98.9 Å². The molecule has 3 aromatic rings. The first-order chi connectivity index (χ1) is 13.6. The summed E-state index contributed by atoms with van der Waals surface area (Å²) in [6, 6.07) is 14.2. The van der Waals surface area contributed by atoms with Crippen molar-refractivity contribution in [2.24, 2.45) is 5.73 Å². The van der Waals surface area contributed by atoms with E-state index in [0.717, 1.165) is 5.56 Å². The van der Waals surface area contributed by atoms with E-state index in [2.05, 4.69) is 0 Å². The number of furan rings is 2. The van der Waals surface area contributed by atoms with Gasteiger partial charge in [0.1, 0.15) is 17.3 Å². The average Bonchev–Trinajstić information content (AvgIpc) is 3.39. The van der Waals surface area contributed by atoms with Gasteiger partial charge in [-0.15, -0.1) is 0 Å². The summed E-state index contributed by atoms with van der Waals surface area (Å²) in [5.74, 6) is 1.18. The fourth-order valence-electron chi connectivity index (χ4n) is 2.50. The van der Waals surface area contributed by atoms with Gasteiger partial charge in [-0.1, -0.05) is 12.1 Å². The second kappa shape index (κ2) is 9.27. The molecule has 0 saturated carbocycles. The molecule has 0 aliphatic rings. The fourth-order valence-corrected chi connectivity index (χ4v) is 2.50. The summed E-state index contributed by atoms with van der Waals surface area (Å²) in [4.78, 5) is 25.1. The number of benzene rings is 1. The molecule has 28 heavy (non-hydrogen) atoms. The van der Waals surface area contributed by atoms with Gasteiger partial charge in [0.2, 0.25) is 5.91 Å². The summed E-state index contributed by atoms with van der Waals surface area (Å²) >= 11 is 0. The van der Waals surface area contributed by atoms with Crippen LogP contribution in [0.15, 0.2) is 76.0 Å². The first kappa shape index (κ1) is 19.0. The maximum absolute atomic E-state index is 12.7. The molecule has 0 saturated heterocycles. The minimum atomic E-state index is -0.539. The molecule has 2 amide bonds. The summed E-state index contributed by atoms with van der Waals surface area (Å²) in [7, 11) is 0. The standard InChI is InChI=1S/C21H20N2O5/c22-20(24)15-28-17-8-5-16(6-9-17)7-10-21(25)23(13-18-3-1-11-26-18)14-19-4-2-12-27-19/h1-12H,13-15H2,(H2,22,24)/b10-7+. The minimum Gasteiger partial charge on any atom is -0.484 e. The number of hydrogen-bond donors (Lipinski definition) is 1. The van der Waals surface area contributed by atoms with E-state index in [1.165, 1.54) is 6.08 Å². The van der Waals surface area contributed by atoms with Crippen molar-refractivity contribution < 1.29 is 23.2 Å². The predicted molar refractivity (Wildman–Crippen MR) is 102 cm³/mol. The van der Waals surface area contributed by atoms with E-state index in [1.54, 1.807) is 59.9 Å². The van der Waals surface area contributed by atoms with Crippen molar-refractivity contribution in [1.82, 2.24) is 4.90 Å². The molecule has 0 fully saturated rings. The Morgan fingerprint density at radius 1 is 0.964 bits per heavy atom. The van der Waals surface area contributed by atoms with Crippen LogP contribution in [-0.4, -0.2) is 23.3 Å². The SMILES string of the molecule is NC(=O)COc1ccc(/C=C/C(=O)N(Cc2ccco2)Cc2ccco2)cc1. The molecule has 0 unspecified atom stereocenters. The molecule has 1 aromatic carbocycles. The molecule has 7 nitrogen and oxygen atoms in total. The van der Waals surface area contributed by atoms with E-state index in [-0.39, 0.29) is 12.5 Å². The highest BCUT2D eigenvalue weighted by Crippen LogP contribution is 2.15. The van der Waals surface area contributed by atoms with Crippen LogP contribution in [0.4, 0.5) is 0 Å². The summed E-state index contributed by atoms with van der Waals surface area (Å²) in [6.45, 7) is 0.482. The molecule has 0 bridgehead atoms. The quantitative estimate of drug-likeness (QED) is 0.576. The highest BCUT2D eigenvalue weighted by Gasteiger charge is 2.15. The zero-order valence-corrected chi connectivity index (χ0v) is 15.1. The highest BCUT2D eigenvalue weighted by molar-refractivity contribution is 5.91. The van der Waals surface area contributed by atoms with E-state index in [0.29, 0.717) is 30.4 Å². The normalized spacial score (nSPS) is 10.9. The molecular formula is C21H20N2O5. The molecule has 0 radical (unpaired) electrons. The van der Waals surface area contributed by atoms with Crippen molar-refractivity contribution in [2.75, 3.05) is 6.61 Å². The minimum absolute atomic E-state index is 0.178. The van der Waals surface area contributed by atoms with Gasteiger partial charge in [0.05, 0.1) is 25.6 Å². The van der Waals surface area contributed by atoms with Gasteiger partial charge in [-0.05, 0) is 48.0 Å². The number of hydrogen-bond acceptors (Lipinski definition) is 5. The molecule has 144 valence electrons. The first-order valence-corrected chi connectivity index (χ1v) is 8.63. The van der Waals surface area contributed by atoms with Crippen molar-refractivity contribution in [3.8, 4) is 5.75 Å². The van der Waals surface area contributed by atoms with Crippen LogP contribution in [0.2, 0.25) is 0 Å². The van der Waals surface area contributed by atoms with Gasteiger partial charge >= 0.3 is 0 Å². The highest BCUT2D eigenvalue weighted by atomic mass is 16.5. The maximum Gasteiger partial charge on any atom is 0.255 e. The van der Waals surface area contributed by atoms with Gasteiger partial charge in [0, 0.05) is 6.08 Å². The summed E-state index contributed by atoms with van der Waals surface area (Å²) in [6.07, 6.45) is 6.34. The Hall–Kier alpha value is -3.74. The first-order valence-electron chi connectivity index (χ1n) is 8.63. The molecule has 3 rings (SSSR count). The Morgan fingerprint density at radius 2 is 1.57 bits per heavy atom. The van der Waals surface area contributed by atoms with Crippen LogP contribution in [0.3, 0.4) is 0 Å². The smallest absolute Gasteiger partial charge is 0.255 e. The number of carbonyl (C=O) groups is 2. The van der Waals surface area contributed by atoms with E-state index < -0.39 is 5.91 Å².